The Labute approximate surface area is 127 Å². The second kappa shape index (κ2) is 6.72. The average Bonchev–Trinajstić information content (AvgIpc) is 2.48. The number of halogens is 1. The van der Waals surface area contributed by atoms with Crippen LogP contribution < -0.4 is 5.32 Å². The first kappa shape index (κ1) is 14.8. The van der Waals surface area contributed by atoms with Gasteiger partial charge in [-0.1, -0.05) is 35.5 Å². The van der Waals surface area contributed by atoms with Gasteiger partial charge in [0.2, 0.25) is 0 Å². The van der Waals surface area contributed by atoms with Crippen LogP contribution >= 0.6 is 23.4 Å². The minimum absolute atomic E-state index is 0.0485. The molecule has 0 aliphatic heterocycles. The van der Waals surface area contributed by atoms with Gasteiger partial charge in [-0.3, -0.25) is 4.79 Å². The first-order valence-corrected chi connectivity index (χ1v) is 7.61. The number of carbonyl (C=O) groups is 1. The molecule has 1 N–H and O–H groups in total. The summed E-state index contributed by atoms with van der Waals surface area (Å²) in [4.78, 5) is 20.8. The number of thioether (sulfide) groups is 1. The van der Waals surface area contributed by atoms with Crippen LogP contribution in [-0.4, -0.2) is 29.1 Å². The molecule has 1 aromatic heterocycles. The summed E-state index contributed by atoms with van der Waals surface area (Å²) in [7, 11) is 1.77. The number of rotatable bonds is 5. The van der Waals surface area contributed by atoms with Crippen LogP contribution in [0.5, 0.6) is 0 Å². The van der Waals surface area contributed by atoms with Crippen molar-refractivity contribution in [1.82, 2.24) is 9.97 Å². The molecule has 2 rings (SSSR count). The number of aromatic nitrogens is 2. The van der Waals surface area contributed by atoms with Crippen molar-refractivity contribution in [2.75, 3.05) is 18.6 Å². The average molecular weight is 308 g/mol. The van der Waals surface area contributed by atoms with E-state index in [1.54, 1.807) is 37.5 Å². The molecule has 1 aromatic carbocycles. The van der Waals surface area contributed by atoms with E-state index in [2.05, 4.69) is 15.3 Å². The first-order chi connectivity index (χ1) is 9.65. The molecule has 4 nitrogen and oxygen atoms in total. The molecule has 1 heterocycles. The normalized spacial score (nSPS) is 10.3. The lowest BCUT2D eigenvalue weighted by Crippen LogP contribution is -2.09. The first-order valence-electron chi connectivity index (χ1n) is 6.01. The van der Waals surface area contributed by atoms with Gasteiger partial charge in [-0.15, -0.1) is 0 Å². The molecule has 0 saturated heterocycles. The Morgan fingerprint density at radius 2 is 2.15 bits per heavy atom. The molecule has 0 amide bonds. The standard InChI is InChI=1S/C14H14ClN3OS/c1-16-13-9(8-17-14(18-13)20-2)7-12(19)10-5-3-4-6-11(10)15/h3-6,8H,7H2,1-2H3,(H,16,17,18). The predicted octanol–water partition coefficient (Wildman–Crippen LogP) is 3.32. The van der Waals surface area contributed by atoms with Gasteiger partial charge >= 0.3 is 0 Å². The summed E-state index contributed by atoms with van der Waals surface area (Å²) >= 11 is 7.49. The fourth-order valence-electron chi connectivity index (χ4n) is 1.79. The molecule has 0 spiro atoms. The fraction of sp³-hybridized carbons (Fsp3) is 0.214. The largest absolute Gasteiger partial charge is 0.373 e. The highest BCUT2D eigenvalue weighted by Crippen LogP contribution is 2.21. The van der Waals surface area contributed by atoms with Gasteiger partial charge in [-0.25, -0.2) is 9.97 Å². The maximum atomic E-state index is 12.3. The van der Waals surface area contributed by atoms with Gasteiger partial charge < -0.3 is 5.32 Å². The molecule has 0 saturated carbocycles. The molecule has 0 unspecified atom stereocenters. The van der Waals surface area contributed by atoms with Crippen LogP contribution in [0.3, 0.4) is 0 Å². The quantitative estimate of drug-likeness (QED) is 0.522. The van der Waals surface area contributed by atoms with E-state index in [9.17, 15) is 4.79 Å². The number of nitrogens with one attached hydrogen (secondary N) is 1. The smallest absolute Gasteiger partial charge is 0.189 e. The van der Waals surface area contributed by atoms with Crippen molar-refractivity contribution < 1.29 is 4.79 Å². The lowest BCUT2D eigenvalue weighted by molar-refractivity contribution is 0.0993. The maximum Gasteiger partial charge on any atom is 0.189 e. The summed E-state index contributed by atoms with van der Waals surface area (Å²) in [5.41, 5.74) is 1.28. The predicted molar refractivity (Wildman–Crippen MR) is 82.8 cm³/mol. The van der Waals surface area contributed by atoms with Crippen molar-refractivity contribution in [3.63, 3.8) is 0 Å². The van der Waals surface area contributed by atoms with Crippen molar-refractivity contribution in [3.8, 4) is 0 Å². The molecule has 0 aliphatic rings. The zero-order valence-corrected chi connectivity index (χ0v) is 12.8. The van der Waals surface area contributed by atoms with Crippen LogP contribution in [-0.2, 0) is 6.42 Å². The van der Waals surface area contributed by atoms with E-state index in [0.29, 0.717) is 21.6 Å². The van der Waals surface area contributed by atoms with Crippen molar-refractivity contribution in [2.24, 2.45) is 0 Å². The molecule has 6 heteroatoms. The third kappa shape index (κ3) is 3.29. The van der Waals surface area contributed by atoms with E-state index >= 15 is 0 Å². The molecular weight excluding hydrogens is 294 g/mol. The number of hydrogen-bond acceptors (Lipinski definition) is 5. The highest BCUT2D eigenvalue weighted by Gasteiger charge is 2.14. The van der Waals surface area contributed by atoms with Crippen LogP contribution in [0.25, 0.3) is 0 Å². The van der Waals surface area contributed by atoms with E-state index in [-0.39, 0.29) is 12.2 Å². The molecule has 20 heavy (non-hydrogen) atoms. The molecule has 0 aliphatic carbocycles. The molecule has 104 valence electrons. The number of hydrogen-bond donors (Lipinski definition) is 1. The van der Waals surface area contributed by atoms with Gasteiger partial charge in [0.25, 0.3) is 0 Å². The van der Waals surface area contributed by atoms with Gasteiger partial charge in [0.1, 0.15) is 5.82 Å². The lowest BCUT2D eigenvalue weighted by Gasteiger charge is -2.09. The van der Waals surface area contributed by atoms with Gasteiger partial charge in [0.15, 0.2) is 10.9 Å². The van der Waals surface area contributed by atoms with Crippen LogP contribution in [0.1, 0.15) is 15.9 Å². The van der Waals surface area contributed by atoms with E-state index < -0.39 is 0 Å². The Bertz CT molecular complexity index is 634. The molecule has 2 aromatic rings. The van der Waals surface area contributed by atoms with Crippen LogP contribution in [0, 0.1) is 0 Å². The molecule has 0 fully saturated rings. The topological polar surface area (TPSA) is 54.9 Å². The highest BCUT2D eigenvalue weighted by molar-refractivity contribution is 7.98. The zero-order valence-electron chi connectivity index (χ0n) is 11.2. The Kier molecular flexibility index (Phi) is 4.98. The Morgan fingerprint density at radius 1 is 1.40 bits per heavy atom. The van der Waals surface area contributed by atoms with Crippen molar-refractivity contribution in [1.29, 1.82) is 0 Å². The molecule has 0 atom stereocenters. The van der Waals surface area contributed by atoms with Gasteiger partial charge in [-0.05, 0) is 18.4 Å². The van der Waals surface area contributed by atoms with E-state index in [1.807, 2.05) is 6.26 Å². The molecular formula is C14H14ClN3OS. The van der Waals surface area contributed by atoms with Gasteiger partial charge in [0.05, 0.1) is 5.02 Å². The number of Topliss-reactive ketones (excluding diaryl/α,β-unsaturated/α-hetero) is 1. The number of benzene rings is 1. The summed E-state index contributed by atoms with van der Waals surface area (Å²) in [6.45, 7) is 0. The SMILES string of the molecule is CNc1nc(SC)ncc1CC(=O)c1ccccc1Cl. The van der Waals surface area contributed by atoms with Crippen LogP contribution in [0.4, 0.5) is 5.82 Å². The van der Waals surface area contributed by atoms with E-state index in [1.165, 1.54) is 11.8 Å². The summed E-state index contributed by atoms with van der Waals surface area (Å²) < 4.78 is 0. The van der Waals surface area contributed by atoms with Crippen LogP contribution in [0.2, 0.25) is 5.02 Å². The Hall–Kier alpha value is -1.59. The summed E-state index contributed by atoms with van der Waals surface area (Å²) in [5.74, 6) is 0.623. The summed E-state index contributed by atoms with van der Waals surface area (Å²) in [6.07, 6.45) is 3.80. The minimum Gasteiger partial charge on any atom is -0.373 e. The third-order valence-electron chi connectivity index (χ3n) is 2.79. The van der Waals surface area contributed by atoms with Gasteiger partial charge in [-0.2, -0.15) is 0 Å². The van der Waals surface area contributed by atoms with Crippen molar-refractivity contribution >= 4 is 35.0 Å². The van der Waals surface area contributed by atoms with Crippen molar-refractivity contribution in [2.45, 2.75) is 11.6 Å². The second-order valence-electron chi connectivity index (χ2n) is 4.06. The summed E-state index contributed by atoms with van der Waals surface area (Å²) in [5, 5.41) is 4.12. The highest BCUT2D eigenvalue weighted by atomic mass is 35.5. The van der Waals surface area contributed by atoms with Gasteiger partial charge in [0, 0.05) is 30.8 Å². The third-order valence-corrected chi connectivity index (χ3v) is 3.68. The molecule has 0 bridgehead atoms. The number of nitrogens with zero attached hydrogens (tertiary/aromatic N) is 2. The lowest BCUT2D eigenvalue weighted by atomic mass is 10.0. The summed E-state index contributed by atoms with van der Waals surface area (Å²) in [6, 6.07) is 7.03. The number of anilines is 1. The van der Waals surface area contributed by atoms with Crippen LogP contribution in [0.15, 0.2) is 35.6 Å². The monoisotopic (exact) mass is 307 g/mol. The minimum atomic E-state index is -0.0485. The second-order valence-corrected chi connectivity index (χ2v) is 5.24. The number of ketones is 1. The van der Waals surface area contributed by atoms with E-state index in [4.69, 9.17) is 11.6 Å². The number of carbonyl (C=O) groups excluding carboxylic acids is 1. The fourth-order valence-corrected chi connectivity index (χ4v) is 2.37. The zero-order chi connectivity index (χ0) is 14.5. The van der Waals surface area contributed by atoms with E-state index in [0.717, 1.165) is 5.56 Å². The Morgan fingerprint density at radius 3 is 2.80 bits per heavy atom. The maximum absolute atomic E-state index is 12.3. The Balaban J connectivity index is 2.26. The van der Waals surface area contributed by atoms with Crippen molar-refractivity contribution in [3.05, 3.63) is 46.6 Å². The molecule has 0 radical (unpaired) electrons.